The Balaban J connectivity index is 2.75. The van der Waals surface area contributed by atoms with Gasteiger partial charge in [-0.3, -0.25) is 4.79 Å². The molecule has 1 aliphatic heterocycles. The van der Waals surface area contributed by atoms with E-state index in [9.17, 15) is 14.7 Å². The van der Waals surface area contributed by atoms with E-state index in [0.717, 1.165) is 4.90 Å². The molecule has 0 spiro atoms. The summed E-state index contributed by atoms with van der Waals surface area (Å²) in [6, 6.07) is -1.91. The van der Waals surface area contributed by atoms with Crippen LogP contribution >= 0.6 is 0 Å². The highest BCUT2D eigenvalue weighted by molar-refractivity contribution is 5.87. The van der Waals surface area contributed by atoms with Gasteiger partial charge in [-0.15, -0.1) is 12.3 Å². The molecular formula is C10H14N2O4. The van der Waals surface area contributed by atoms with Crippen molar-refractivity contribution in [1.29, 1.82) is 0 Å². The smallest absolute Gasteiger partial charge is 0.326 e. The Morgan fingerprint density at radius 1 is 1.62 bits per heavy atom. The van der Waals surface area contributed by atoms with Gasteiger partial charge in [0, 0.05) is 19.4 Å². The number of nitrogens with zero attached hydrogens (tertiary/aromatic N) is 1. The Hall–Kier alpha value is -1.58. The topological polar surface area (TPSA) is 104 Å². The molecule has 0 aliphatic carbocycles. The van der Waals surface area contributed by atoms with Crippen LogP contribution in [0.15, 0.2) is 0 Å². The molecule has 1 aliphatic rings. The third kappa shape index (κ3) is 2.51. The van der Waals surface area contributed by atoms with Gasteiger partial charge in [0.25, 0.3) is 0 Å². The van der Waals surface area contributed by atoms with Gasteiger partial charge in [-0.2, -0.15) is 0 Å². The van der Waals surface area contributed by atoms with Crippen LogP contribution in [0.1, 0.15) is 12.8 Å². The molecule has 3 atom stereocenters. The number of carbonyl (C=O) groups excluding carboxylic acids is 1. The lowest BCUT2D eigenvalue weighted by atomic mass is 10.1. The number of carboxylic acid groups (broad SMARTS) is 1. The molecule has 0 aromatic carbocycles. The lowest BCUT2D eigenvalue weighted by Gasteiger charge is -2.23. The molecule has 0 aromatic heterocycles. The minimum Gasteiger partial charge on any atom is -0.480 e. The highest BCUT2D eigenvalue weighted by Crippen LogP contribution is 2.19. The molecule has 4 N–H and O–H groups in total. The third-order valence-electron chi connectivity index (χ3n) is 2.50. The lowest BCUT2D eigenvalue weighted by molar-refractivity contribution is -0.148. The molecule has 88 valence electrons. The number of aliphatic hydroxyl groups excluding tert-OH is 1. The molecule has 0 radical (unpaired) electrons. The number of rotatable bonds is 3. The van der Waals surface area contributed by atoms with Crippen molar-refractivity contribution >= 4 is 11.9 Å². The summed E-state index contributed by atoms with van der Waals surface area (Å²) in [6.07, 6.45) is 4.29. The number of likely N-dealkylation sites (tertiary alicyclic amines) is 1. The predicted molar refractivity (Wildman–Crippen MR) is 55.2 cm³/mol. The fourth-order valence-corrected chi connectivity index (χ4v) is 1.72. The van der Waals surface area contributed by atoms with E-state index < -0.39 is 30.1 Å². The Morgan fingerprint density at radius 3 is 2.75 bits per heavy atom. The second-order valence-corrected chi connectivity index (χ2v) is 3.75. The Kier molecular flexibility index (Phi) is 3.88. The second-order valence-electron chi connectivity index (χ2n) is 3.75. The molecule has 0 bridgehead atoms. The van der Waals surface area contributed by atoms with Gasteiger partial charge in [-0.1, -0.05) is 0 Å². The number of hydrogen-bond acceptors (Lipinski definition) is 4. The number of carboxylic acids is 1. The van der Waals surface area contributed by atoms with Crippen LogP contribution in [-0.4, -0.2) is 51.7 Å². The van der Waals surface area contributed by atoms with Gasteiger partial charge >= 0.3 is 5.97 Å². The maximum absolute atomic E-state index is 11.7. The summed E-state index contributed by atoms with van der Waals surface area (Å²) in [4.78, 5) is 23.7. The largest absolute Gasteiger partial charge is 0.480 e. The average molecular weight is 226 g/mol. The summed E-state index contributed by atoms with van der Waals surface area (Å²) < 4.78 is 0. The minimum atomic E-state index is -1.14. The van der Waals surface area contributed by atoms with Crippen molar-refractivity contribution < 1.29 is 19.8 Å². The van der Waals surface area contributed by atoms with Gasteiger partial charge in [0.15, 0.2) is 0 Å². The molecule has 1 fully saturated rings. The van der Waals surface area contributed by atoms with Gasteiger partial charge in [0.05, 0.1) is 12.1 Å². The molecule has 1 amide bonds. The van der Waals surface area contributed by atoms with Crippen LogP contribution < -0.4 is 5.73 Å². The maximum Gasteiger partial charge on any atom is 0.326 e. The van der Waals surface area contributed by atoms with Gasteiger partial charge in [-0.25, -0.2) is 4.79 Å². The van der Waals surface area contributed by atoms with E-state index in [4.69, 9.17) is 17.3 Å². The quantitative estimate of drug-likeness (QED) is 0.502. The summed E-state index contributed by atoms with van der Waals surface area (Å²) in [5.74, 6) is 0.578. The van der Waals surface area contributed by atoms with E-state index in [1.807, 2.05) is 0 Å². The number of terminal acetylenes is 1. The Bertz CT molecular complexity index is 336. The molecule has 6 heteroatoms. The van der Waals surface area contributed by atoms with Crippen molar-refractivity contribution in [2.24, 2.45) is 5.73 Å². The van der Waals surface area contributed by atoms with Crippen molar-refractivity contribution in [3.63, 3.8) is 0 Å². The van der Waals surface area contributed by atoms with Gasteiger partial charge in [-0.05, 0) is 0 Å². The molecular weight excluding hydrogens is 212 g/mol. The summed E-state index contributed by atoms with van der Waals surface area (Å²) in [5, 5.41) is 18.2. The number of hydrogen-bond donors (Lipinski definition) is 3. The monoisotopic (exact) mass is 226 g/mol. The lowest BCUT2D eigenvalue weighted by Crippen LogP contribution is -2.48. The number of amides is 1. The first-order valence-electron chi connectivity index (χ1n) is 4.87. The number of carbonyl (C=O) groups is 2. The van der Waals surface area contributed by atoms with Crippen molar-refractivity contribution in [3.8, 4) is 12.3 Å². The van der Waals surface area contributed by atoms with E-state index in [1.165, 1.54) is 0 Å². The van der Waals surface area contributed by atoms with Crippen molar-refractivity contribution in [2.45, 2.75) is 31.0 Å². The van der Waals surface area contributed by atoms with Gasteiger partial charge in [0.2, 0.25) is 5.91 Å². The molecule has 0 saturated carbocycles. The molecule has 1 unspecified atom stereocenters. The van der Waals surface area contributed by atoms with Crippen molar-refractivity contribution in [3.05, 3.63) is 0 Å². The number of β-amino-alcohol motifs (C(OH)–C–C–N with tert-alkyl or cyclic N) is 1. The van der Waals surface area contributed by atoms with Crippen LogP contribution in [0.25, 0.3) is 0 Å². The Labute approximate surface area is 93.0 Å². The summed E-state index contributed by atoms with van der Waals surface area (Å²) in [6.45, 7) is -0.00588. The zero-order valence-corrected chi connectivity index (χ0v) is 8.67. The molecule has 1 heterocycles. The summed E-state index contributed by atoms with van der Waals surface area (Å²) in [7, 11) is 0. The van der Waals surface area contributed by atoms with Crippen molar-refractivity contribution in [1.82, 2.24) is 4.90 Å². The van der Waals surface area contributed by atoms with Crippen LogP contribution in [0.5, 0.6) is 0 Å². The fraction of sp³-hybridized carbons (Fsp3) is 0.600. The van der Waals surface area contributed by atoms with Crippen LogP contribution in [0.2, 0.25) is 0 Å². The first-order chi connectivity index (χ1) is 7.47. The van der Waals surface area contributed by atoms with E-state index in [1.54, 1.807) is 0 Å². The van der Waals surface area contributed by atoms with E-state index in [0.29, 0.717) is 0 Å². The van der Waals surface area contributed by atoms with Crippen LogP contribution in [-0.2, 0) is 9.59 Å². The molecule has 16 heavy (non-hydrogen) atoms. The molecule has 0 aromatic rings. The van der Waals surface area contributed by atoms with Gasteiger partial charge in [0.1, 0.15) is 6.04 Å². The first kappa shape index (κ1) is 12.5. The van der Waals surface area contributed by atoms with E-state index in [-0.39, 0.29) is 19.4 Å². The zero-order chi connectivity index (χ0) is 12.3. The SMILES string of the molecule is C#CCC(N)C(=O)N1C[C@@H](O)C[C@H]1C(=O)O. The summed E-state index contributed by atoms with van der Waals surface area (Å²) >= 11 is 0. The fourth-order valence-electron chi connectivity index (χ4n) is 1.72. The molecule has 6 nitrogen and oxygen atoms in total. The van der Waals surface area contributed by atoms with Crippen molar-refractivity contribution in [2.75, 3.05) is 6.54 Å². The normalized spacial score (nSPS) is 26.2. The van der Waals surface area contributed by atoms with Crippen LogP contribution in [0, 0.1) is 12.3 Å². The number of aliphatic hydroxyl groups is 1. The number of nitrogens with two attached hydrogens (primary N) is 1. The maximum atomic E-state index is 11.7. The first-order valence-corrected chi connectivity index (χ1v) is 4.87. The second kappa shape index (κ2) is 4.96. The minimum absolute atomic E-state index is 0.00588. The third-order valence-corrected chi connectivity index (χ3v) is 2.50. The van der Waals surface area contributed by atoms with Gasteiger partial charge < -0.3 is 20.8 Å². The van der Waals surface area contributed by atoms with E-state index in [2.05, 4.69) is 5.92 Å². The summed E-state index contributed by atoms with van der Waals surface area (Å²) in [5.41, 5.74) is 5.51. The van der Waals surface area contributed by atoms with Crippen LogP contribution in [0.4, 0.5) is 0 Å². The number of aliphatic carboxylic acids is 1. The van der Waals surface area contributed by atoms with Crippen LogP contribution in [0.3, 0.4) is 0 Å². The average Bonchev–Trinajstić information content (AvgIpc) is 2.59. The Morgan fingerprint density at radius 2 is 2.25 bits per heavy atom. The zero-order valence-electron chi connectivity index (χ0n) is 8.67. The predicted octanol–water partition coefficient (Wildman–Crippen LogP) is -1.62. The molecule has 1 rings (SSSR count). The highest BCUT2D eigenvalue weighted by atomic mass is 16.4. The molecule has 1 saturated heterocycles. The highest BCUT2D eigenvalue weighted by Gasteiger charge is 2.40. The van der Waals surface area contributed by atoms with E-state index >= 15 is 0 Å². The standard InChI is InChI=1S/C10H14N2O4/c1-2-3-7(11)9(14)12-5-6(13)4-8(12)10(15)16/h1,6-8,13H,3-5,11H2,(H,15,16)/t6-,7?,8-/m0/s1.